The summed E-state index contributed by atoms with van der Waals surface area (Å²) in [7, 11) is 1.83. The Bertz CT molecular complexity index is 893. The van der Waals surface area contributed by atoms with Crippen LogP contribution in [0.5, 0.6) is 0 Å². The van der Waals surface area contributed by atoms with Crippen molar-refractivity contribution in [2.24, 2.45) is 4.99 Å². The van der Waals surface area contributed by atoms with Gasteiger partial charge in [0, 0.05) is 31.1 Å². The zero-order valence-electron chi connectivity index (χ0n) is 15.1. The molecule has 2 rings (SSSR count). The first-order valence-electron chi connectivity index (χ1n) is 8.30. The summed E-state index contributed by atoms with van der Waals surface area (Å²) in [6.07, 6.45) is 16.6. The van der Waals surface area contributed by atoms with Crippen LogP contribution in [0.1, 0.15) is 6.92 Å². The predicted molar refractivity (Wildman–Crippen MR) is 110 cm³/mol. The second-order valence-corrected chi connectivity index (χ2v) is 5.49. The van der Waals surface area contributed by atoms with Gasteiger partial charge in [0.25, 0.3) is 0 Å². The van der Waals surface area contributed by atoms with E-state index in [0.29, 0.717) is 18.8 Å². The highest BCUT2D eigenvalue weighted by Gasteiger charge is 2.01. The molecule has 0 saturated heterocycles. The van der Waals surface area contributed by atoms with Gasteiger partial charge in [-0.3, -0.25) is 4.99 Å². The Morgan fingerprint density at radius 2 is 2.31 bits per heavy atom. The van der Waals surface area contributed by atoms with Crippen LogP contribution in [0.25, 0.3) is 11.0 Å². The molecule has 134 valence electrons. The number of hydrogen-bond donors (Lipinski definition) is 3. The van der Waals surface area contributed by atoms with Crippen LogP contribution in [0.4, 0.5) is 5.69 Å². The Hall–Kier alpha value is -3.46. The van der Waals surface area contributed by atoms with E-state index in [-0.39, 0.29) is 0 Å². The van der Waals surface area contributed by atoms with Crippen LogP contribution in [-0.2, 0) is 6.54 Å². The monoisotopic (exact) mass is 348 g/mol. The van der Waals surface area contributed by atoms with Crippen LogP contribution in [0.2, 0.25) is 0 Å². The van der Waals surface area contributed by atoms with Crippen molar-refractivity contribution in [3.63, 3.8) is 0 Å². The van der Waals surface area contributed by atoms with Gasteiger partial charge >= 0.3 is 0 Å². The third-order valence-corrected chi connectivity index (χ3v) is 3.65. The summed E-state index contributed by atoms with van der Waals surface area (Å²) in [5, 5.41) is 6.27. The van der Waals surface area contributed by atoms with Crippen molar-refractivity contribution in [2.45, 2.75) is 13.5 Å². The molecule has 1 aromatic carbocycles. The van der Waals surface area contributed by atoms with E-state index in [1.165, 1.54) is 0 Å². The Labute approximate surface area is 154 Å². The van der Waals surface area contributed by atoms with Gasteiger partial charge in [0.15, 0.2) is 0 Å². The normalized spacial score (nSPS) is 12.8. The summed E-state index contributed by atoms with van der Waals surface area (Å²) < 4.78 is 2.01. The van der Waals surface area contributed by atoms with E-state index in [1.807, 2.05) is 61.2 Å². The van der Waals surface area contributed by atoms with Gasteiger partial charge in [-0.15, -0.1) is 6.42 Å². The highest BCUT2D eigenvalue weighted by molar-refractivity contribution is 5.79. The van der Waals surface area contributed by atoms with Crippen molar-refractivity contribution in [2.75, 3.05) is 19.3 Å². The molecule has 2 aromatic rings. The average Bonchev–Trinajstić information content (AvgIpc) is 3.05. The van der Waals surface area contributed by atoms with E-state index in [0.717, 1.165) is 22.4 Å². The summed E-state index contributed by atoms with van der Waals surface area (Å²) in [4.78, 5) is 8.68. The summed E-state index contributed by atoms with van der Waals surface area (Å²) in [5.74, 6) is 3.44. The van der Waals surface area contributed by atoms with Gasteiger partial charge in [-0.25, -0.2) is 4.98 Å². The van der Waals surface area contributed by atoms with Crippen molar-refractivity contribution in [1.82, 2.24) is 20.2 Å². The minimum absolute atomic E-state index is 0.552. The number of nitrogens with one attached hydrogen (secondary N) is 2. The fourth-order valence-corrected chi connectivity index (χ4v) is 2.25. The molecule has 4 N–H and O–H groups in total. The summed E-state index contributed by atoms with van der Waals surface area (Å²) in [6, 6.07) is 5.68. The Morgan fingerprint density at radius 1 is 1.46 bits per heavy atom. The number of terminal acetylenes is 1. The van der Waals surface area contributed by atoms with Crippen molar-refractivity contribution < 1.29 is 0 Å². The summed E-state index contributed by atoms with van der Waals surface area (Å²) >= 11 is 0. The molecular formula is C20H24N6. The number of aliphatic imine (C=N–C) groups is 1. The zero-order chi connectivity index (χ0) is 18.8. The standard InChI is InChI=1S/C20H24N6/c1-4-6-7-16(5-2)13-24-20(22-3)14-23-10-11-26-15-25-18-12-17(21)8-9-19(18)26/h2,4,6-10,12,14-15,22,24H,11,13,21H2,1,3H3/b6-4-,16-7+,20-14+,23-10?. The molecule has 26 heavy (non-hydrogen) atoms. The second kappa shape index (κ2) is 9.74. The number of nitrogens with zero attached hydrogens (tertiary/aromatic N) is 3. The third kappa shape index (κ3) is 5.28. The van der Waals surface area contributed by atoms with E-state index in [2.05, 4.69) is 26.5 Å². The highest BCUT2D eigenvalue weighted by atomic mass is 15.1. The topological polar surface area (TPSA) is 80.3 Å². The number of anilines is 1. The van der Waals surface area contributed by atoms with Gasteiger partial charge in [-0.05, 0) is 31.2 Å². The molecule has 1 aromatic heterocycles. The van der Waals surface area contributed by atoms with Crippen molar-refractivity contribution in [1.29, 1.82) is 0 Å². The quantitative estimate of drug-likeness (QED) is 0.296. The Morgan fingerprint density at radius 3 is 3.04 bits per heavy atom. The lowest BCUT2D eigenvalue weighted by atomic mass is 10.2. The van der Waals surface area contributed by atoms with Crippen LogP contribution in [-0.4, -0.2) is 29.4 Å². The van der Waals surface area contributed by atoms with Gasteiger partial charge < -0.3 is 20.9 Å². The fraction of sp³-hybridized carbons (Fsp3) is 0.200. The molecular weight excluding hydrogens is 324 g/mol. The van der Waals surface area contributed by atoms with Gasteiger partial charge in [-0.2, -0.15) is 0 Å². The van der Waals surface area contributed by atoms with E-state index >= 15 is 0 Å². The van der Waals surface area contributed by atoms with E-state index in [9.17, 15) is 0 Å². The van der Waals surface area contributed by atoms with Crippen LogP contribution in [0.3, 0.4) is 0 Å². The first-order valence-corrected chi connectivity index (χ1v) is 8.30. The minimum atomic E-state index is 0.552. The average molecular weight is 348 g/mol. The van der Waals surface area contributed by atoms with Gasteiger partial charge in [0.1, 0.15) is 5.82 Å². The van der Waals surface area contributed by atoms with Crippen LogP contribution >= 0.6 is 0 Å². The first kappa shape index (κ1) is 18.9. The minimum Gasteiger partial charge on any atom is -0.399 e. The lowest BCUT2D eigenvalue weighted by molar-refractivity contribution is 0.780. The number of aromatic nitrogens is 2. The molecule has 0 aliphatic rings. The lowest BCUT2D eigenvalue weighted by Crippen LogP contribution is -2.25. The number of fused-ring (bicyclic) bond motifs is 1. The summed E-state index contributed by atoms with van der Waals surface area (Å²) in [5.41, 5.74) is 9.24. The molecule has 0 radical (unpaired) electrons. The van der Waals surface area contributed by atoms with Crippen LogP contribution < -0.4 is 16.4 Å². The number of allylic oxidation sites excluding steroid dienone is 3. The predicted octanol–water partition coefficient (Wildman–Crippen LogP) is 2.43. The molecule has 0 aliphatic carbocycles. The molecule has 0 aliphatic heterocycles. The number of rotatable bonds is 8. The van der Waals surface area contributed by atoms with E-state index in [4.69, 9.17) is 12.2 Å². The number of benzene rings is 1. The second-order valence-electron chi connectivity index (χ2n) is 5.49. The maximum absolute atomic E-state index is 5.77. The first-order chi connectivity index (χ1) is 12.7. The zero-order valence-corrected chi connectivity index (χ0v) is 15.1. The molecule has 6 heteroatoms. The van der Waals surface area contributed by atoms with E-state index in [1.54, 1.807) is 12.5 Å². The van der Waals surface area contributed by atoms with Gasteiger partial charge in [-0.1, -0.05) is 18.1 Å². The van der Waals surface area contributed by atoms with Crippen molar-refractivity contribution in [3.8, 4) is 12.3 Å². The molecule has 0 saturated carbocycles. The molecule has 0 atom stereocenters. The van der Waals surface area contributed by atoms with Gasteiger partial charge in [0.2, 0.25) is 0 Å². The molecule has 0 amide bonds. The lowest BCUT2D eigenvalue weighted by Gasteiger charge is -2.08. The molecule has 0 spiro atoms. The number of nitrogen functional groups attached to an aromatic ring is 1. The maximum Gasteiger partial charge on any atom is 0.117 e. The number of imidazole rings is 1. The van der Waals surface area contributed by atoms with Gasteiger partial charge in [0.05, 0.1) is 30.1 Å². The molecule has 6 nitrogen and oxygen atoms in total. The SMILES string of the molecule is C#C/C(=C\C=C/C)CN/C(=C/N=CCn1cnc2cc(N)ccc21)NC. The fourth-order valence-electron chi connectivity index (χ4n) is 2.25. The Balaban J connectivity index is 1.96. The summed E-state index contributed by atoms with van der Waals surface area (Å²) in [6.45, 7) is 3.12. The highest BCUT2D eigenvalue weighted by Crippen LogP contribution is 2.15. The maximum atomic E-state index is 5.77. The largest absolute Gasteiger partial charge is 0.399 e. The van der Waals surface area contributed by atoms with Crippen LogP contribution in [0.15, 0.2) is 65.3 Å². The van der Waals surface area contributed by atoms with E-state index < -0.39 is 0 Å². The molecule has 0 bridgehead atoms. The Kier molecular flexibility index (Phi) is 7.07. The number of hydrogen-bond acceptors (Lipinski definition) is 5. The van der Waals surface area contributed by atoms with Crippen molar-refractivity contribution in [3.05, 3.63) is 60.3 Å². The molecule has 0 unspecified atom stereocenters. The smallest absolute Gasteiger partial charge is 0.117 e. The molecule has 1 heterocycles. The van der Waals surface area contributed by atoms with Crippen LogP contribution in [0, 0.1) is 12.3 Å². The number of nitrogens with two attached hydrogens (primary N) is 1. The third-order valence-electron chi connectivity index (χ3n) is 3.65. The molecule has 0 fully saturated rings. The van der Waals surface area contributed by atoms with Crippen molar-refractivity contribution >= 4 is 22.9 Å².